The highest BCUT2D eigenvalue weighted by molar-refractivity contribution is 5.38. The summed E-state index contributed by atoms with van der Waals surface area (Å²) >= 11 is 0. The molecule has 0 radical (unpaired) electrons. The average Bonchev–Trinajstić information content (AvgIpc) is 2.94. The van der Waals surface area contributed by atoms with E-state index in [0.29, 0.717) is 18.4 Å². The maximum absolute atomic E-state index is 9.33. The lowest BCUT2D eigenvalue weighted by Crippen LogP contribution is -2.26. The highest BCUT2D eigenvalue weighted by atomic mass is 16.5. The number of benzene rings is 1. The van der Waals surface area contributed by atoms with Crippen molar-refractivity contribution < 1.29 is 14.6 Å². The molecule has 0 aromatic heterocycles. The quantitative estimate of drug-likeness (QED) is 0.803. The molecule has 2 unspecified atom stereocenters. The van der Waals surface area contributed by atoms with E-state index in [1.54, 1.807) is 14.2 Å². The number of aliphatic hydroxyl groups is 1. The molecule has 1 fully saturated rings. The van der Waals surface area contributed by atoms with E-state index in [2.05, 4.69) is 5.32 Å². The van der Waals surface area contributed by atoms with E-state index < -0.39 is 0 Å². The molecular formula is C16H25NO3. The van der Waals surface area contributed by atoms with Crippen molar-refractivity contribution in [1.82, 2.24) is 5.32 Å². The van der Waals surface area contributed by atoms with Gasteiger partial charge < -0.3 is 19.9 Å². The molecule has 2 N–H and O–H groups in total. The molecule has 2 rings (SSSR count). The average molecular weight is 279 g/mol. The Labute approximate surface area is 121 Å². The van der Waals surface area contributed by atoms with E-state index >= 15 is 0 Å². The van der Waals surface area contributed by atoms with Gasteiger partial charge in [0.25, 0.3) is 0 Å². The van der Waals surface area contributed by atoms with E-state index in [1.807, 2.05) is 18.2 Å². The zero-order valence-electron chi connectivity index (χ0n) is 12.4. The third-order valence-corrected chi connectivity index (χ3v) is 4.20. The van der Waals surface area contributed by atoms with Crippen LogP contribution in [0, 0.1) is 11.8 Å². The van der Waals surface area contributed by atoms with Gasteiger partial charge in [0.05, 0.1) is 14.2 Å². The fourth-order valence-electron chi connectivity index (χ4n) is 2.99. The molecule has 0 heterocycles. The second-order valence-electron chi connectivity index (χ2n) is 5.49. The van der Waals surface area contributed by atoms with Gasteiger partial charge in [0.2, 0.25) is 0 Å². The van der Waals surface area contributed by atoms with E-state index in [0.717, 1.165) is 36.6 Å². The molecule has 0 spiro atoms. The fraction of sp³-hybridized carbons (Fsp3) is 0.625. The number of nitrogens with one attached hydrogen (secondary N) is 1. The molecule has 1 aromatic carbocycles. The summed E-state index contributed by atoms with van der Waals surface area (Å²) in [5, 5.41) is 12.8. The zero-order chi connectivity index (χ0) is 14.4. The minimum absolute atomic E-state index is 0.319. The number of aliphatic hydroxyl groups excluding tert-OH is 1. The molecule has 2 atom stereocenters. The molecule has 0 bridgehead atoms. The summed E-state index contributed by atoms with van der Waals surface area (Å²) in [6.07, 6.45) is 3.63. The number of hydrogen-bond donors (Lipinski definition) is 2. The number of rotatable bonds is 7. The van der Waals surface area contributed by atoms with Gasteiger partial charge in [-0.15, -0.1) is 0 Å². The summed E-state index contributed by atoms with van der Waals surface area (Å²) in [4.78, 5) is 0. The van der Waals surface area contributed by atoms with E-state index in [1.165, 1.54) is 12.8 Å². The van der Waals surface area contributed by atoms with Crippen LogP contribution in [0.25, 0.3) is 0 Å². The number of methoxy groups -OCH3 is 2. The van der Waals surface area contributed by atoms with Crippen molar-refractivity contribution in [3.63, 3.8) is 0 Å². The van der Waals surface area contributed by atoms with Crippen LogP contribution < -0.4 is 14.8 Å². The second kappa shape index (κ2) is 7.50. The molecule has 4 nitrogen and oxygen atoms in total. The van der Waals surface area contributed by atoms with Crippen LogP contribution >= 0.6 is 0 Å². The first-order valence-corrected chi connectivity index (χ1v) is 7.30. The van der Waals surface area contributed by atoms with Crippen LogP contribution in [-0.4, -0.2) is 32.5 Å². The number of ether oxygens (including phenoxy) is 2. The van der Waals surface area contributed by atoms with Crippen molar-refractivity contribution in [3.8, 4) is 11.5 Å². The van der Waals surface area contributed by atoms with Crippen LogP contribution in [0.5, 0.6) is 11.5 Å². The monoisotopic (exact) mass is 279 g/mol. The number of hydrogen-bond acceptors (Lipinski definition) is 4. The van der Waals surface area contributed by atoms with Crippen molar-refractivity contribution >= 4 is 0 Å². The van der Waals surface area contributed by atoms with E-state index in [-0.39, 0.29) is 0 Å². The molecular weight excluding hydrogens is 254 g/mol. The molecule has 20 heavy (non-hydrogen) atoms. The Bertz CT molecular complexity index is 400. The van der Waals surface area contributed by atoms with Crippen LogP contribution in [0.4, 0.5) is 0 Å². The first kappa shape index (κ1) is 15.1. The maximum Gasteiger partial charge on any atom is 0.122 e. The molecule has 0 saturated heterocycles. The van der Waals surface area contributed by atoms with Gasteiger partial charge in [0, 0.05) is 19.2 Å². The first-order chi connectivity index (χ1) is 9.76. The standard InChI is InChI=1S/C16H25NO3/c1-19-15-6-12(7-16(8-15)20-2)9-17-10-13-4-3-5-14(13)11-18/h6-8,13-14,17-18H,3-5,9-11H2,1-2H3. The largest absolute Gasteiger partial charge is 0.497 e. The Morgan fingerprint density at radius 2 is 1.75 bits per heavy atom. The third-order valence-electron chi connectivity index (χ3n) is 4.20. The maximum atomic E-state index is 9.33. The van der Waals surface area contributed by atoms with E-state index in [9.17, 15) is 5.11 Å². The lowest BCUT2D eigenvalue weighted by atomic mass is 9.97. The van der Waals surface area contributed by atoms with Crippen LogP contribution in [0.1, 0.15) is 24.8 Å². The lowest BCUT2D eigenvalue weighted by molar-refractivity contribution is 0.192. The van der Waals surface area contributed by atoms with Crippen LogP contribution in [0.15, 0.2) is 18.2 Å². The van der Waals surface area contributed by atoms with Gasteiger partial charge >= 0.3 is 0 Å². The molecule has 1 aliphatic rings. The summed E-state index contributed by atoms with van der Waals surface area (Å²) in [5.41, 5.74) is 1.15. The molecule has 0 aliphatic heterocycles. The van der Waals surface area contributed by atoms with Crippen molar-refractivity contribution in [2.45, 2.75) is 25.8 Å². The van der Waals surface area contributed by atoms with Crippen molar-refractivity contribution in [2.75, 3.05) is 27.4 Å². The van der Waals surface area contributed by atoms with Gasteiger partial charge in [0.1, 0.15) is 11.5 Å². The van der Waals surface area contributed by atoms with Gasteiger partial charge in [-0.3, -0.25) is 0 Å². The Morgan fingerprint density at radius 1 is 1.10 bits per heavy atom. The van der Waals surface area contributed by atoms with Crippen molar-refractivity contribution in [2.24, 2.45) is 11.8 Å². The van der Waals surface area contributed by atoms with Crippen molar-refractivity contribution in [1.29, 1.82) is 0 Å². The van der Waals surface area contributed by atoms with E-state index in [4.69, 9.17) is 9.47 Å². The normalized spacial score (nSPS) is 21.9. The molecule has 1 saturated carbocycles. The predicted octanol–water partition coefficient (Wildman–Crippen LogP) is 2.20. The predicted molar refractivity (Wildman–Crippen MR) is 79.2 cm³/mol. The summed E-state index contributed by atoms with van der Waals surface area (Å²) < 4.78 is 10.5. The Kier molecular flexibility index (Phi) is 5.68. The first-order valence-electron chi connectivity index (χ1n) is 7.30. The zero-order valence-corrected chi connectivity index (χ0v) is 12.4. The van der Waals surface area contributed by atoms with Gasteiger partial charge in [-0.05, 0) is 48.9 Å². The van der Waals surface area contributed by atoms with Crippen molar-refractivity contribution in [3.05, 3.63) is 23.8 Å². The second-order valence-corrected chi connectivity index (χ2v) is 5.49. The highest BCUT2D eigenvalue weighted by Crippen LogP contribution is 2.30. The fourth-order valence-corrected chi connectivity index (χ4v) is 2.99. The highest BCUT2D eigenvalue weighted by Gasteiger charge is 2.25. The minimum Gasteiger partial charge on any atom is -0.497 e. The molecule has 0 amide bonds. The molecule has 1 aliphatic carbocycles. The minimum atomic E-state index is 0.319. The Hall–Kier alpha value is -1.26. The molecule has 1 aromatic rings. The van der Waals surface area contributed by atoms with Gasteiger partial charge in [0.15, 0.2) is 0 Å². The third kappa shape index (κ3) is 3.87. The topological polar surface area (TPSA) is 50.7 Å². The lowest BCUT2D eigenvalue weighted by Gasteiger charge is -2.18. The smallest absolute Gasteiger partial charge is 0.122 e. The summed E-state index contributed by atoms with van der Waals surface area (Å²) in [5.74, 6) is 2.71. The summed E-state index contributed by atoms with van der Waals surface area (Å²) in [6.45, 7) is 2.08. The Balaban J connectivity index is 1.87. The molecule has 112 valence electrons. The summed E-state index contributed by atoms with van der Waals surface area (Å²) in [6, 6.07) is 5.92. The van der Waals surface area contributed by atoms with Crippen LogP contribution in [0.3, 0.4) is 0 Å². The Morgan fingerprint density at radius 3 is 2.35 bits per heavy atom. The van der Waals surface area contributed by atoms with Crippen LogP contribution in [-0.2, 0) is 6.54 Å². The van der Waals surface area contributed by atoms with Crippen LogP contribution in [0.2, 0.25) is 0 Å². The summed E-state index contributed by atoms with van der Waals surface area (Å²) in [7, 11) is 3.33. The molecule has 4 heteroatoms. The van der Waals surface area contributed by atoms with Gasteiger partial charge in [-0.25, -0.2) is 0 Å². The SMILES string of the molecule is COc1cc(CNCC2CCCC2CO)cc(OC)c1. The van der Waals surface area contributed by atoms with Gasteiger partial charge in [-0.1, -0.05) is 6.42 Å². The van der Waals surface area contributed by atoms with Gasteiger partial charge in [-0.2, -0.15) is 0 Å².